The van der Waals surface area contributed by atoms with E-state index in [9.17, 15) is 0 Å². The van der Waals surface area contributed by atoms with E-state index >= 15 is 0 Å². The van der Waals surface area contributed by atoms with Crippen LogP contribution in [-0.2, 0) is 23.5 Å². The summed E-state index contributed by atoms with van der Waals surface area (Å²) in [5.74, 6) is 1.46. The lowest BCUT2D eigenvalue weighted by Crippen LogP contribution is -2.06. The molecule has 146 valence electrons. The summed E-state index contributed by atoms with van der Waals surface area (Å²) in [5.41, 5.74) is 0. The van der Waals surface area contributed by atoms with Crippen molar-refractivity contribution >= 4 is 23.5 Å². The highest BCUT2D eigenvalue weighted by Crippen LogP contribution is 2.33. The molecule has 4 nitrogen and oxygen atoms in total. The van der Waals surface area contributed by atoms with Crippen LogP contribution in [-0.4, -0.2) is 36.6 Å². The Morgan fingerprint density at radius 2 is 0.964 bits per heavy atom. The molecule has 0 unspecified atom stereocenters. The molecule has 0 saturated heterocycles. The Kier molecular flexibility index (Phi) is 7.56. The van der Waals surface area contributed by atoms with E-state index in [1.54, 1.807) is 0 Å². The third-order valence-electron chi connectivity index (χ3n) is 3.90. The SMILES string of the molecule is OCCOc1ccc([S+](c2ccc([S-])cc2)c2ccc(OCCO)cc2)cc1. The summed E-state index contributed by atoms with van der Waals surface area (Å²) < 4.78 is 10.9. The van der Waals surface area contributed by atoms with E-state index in [0.29, 0.717) is 0 Å². The molecular weight excluding hydrogens is 392 g/mol. The van der Waals surface area contributed by atoms with Gasteiger partial charge >= 0.3 is 0 Å². The van der Waals surface area contributed by atoms with Gasteiger partial charge in [-0.1, -0.05) is 12.1 Å². The second-order valence-electron chi connectivity index (χ2n) is 5.86. The fourth-order valence-electron chi connectivity index (χ4n) is 2.65. The van der Waals surface area contributed by atoms with Crippen molar-refractivity contribution in [3.63, 3.8) is 0 Å². The Morgan fingerprint density at radius 3 is 1.32 bits per heavy atom. The predicted molar refractivity (Wildman–Crippen MR) is 112 cm³/mol. The molecule has 0 heterocycles. The number of hydrogen-bond acceptors (Lipinski definition) is 5. The van der Waals surface area contributed by atoms with E-state index in [-0.39, 0.29) is 37.3 Å². The molecule has 0 amide bonds. The Balaban J connectivity index is 1.92. The summed E-state index contributed by atoms with van der Waals surface area (Å²) in [6.07, 6.45) is 0. The lowest BCUT2D eigenvalue weighted by molar-refractivity contribution is 0.201. The van der Waals surface area contributed by atoms with Crippen molar-refractivity contribution in [3.05, 3.63) is 72.8 Å². The van der Waals surface area contributed by atoms with Crippen molar-refractivity contribution in [2.75, 3.05) is 26.4 Å². The van der Waals surface area contributed by atoms with Crippen LogP contribution in [0.25, 0.3) is 0 Å². The number of hydrogen-bond donors (Lipinski definition) is 2. The van der Waals surface area contributed by atoms with Crippen LogP contribution >= 0.6 is 0 Å². The summed E-state index contributed by atoms with van der Waals surface area (Å²) in [6.45, 7) is 0.538. The average molecular weight is 415 g/mol. The standard InChI is InChI=1S/C22H22O4S2/c23-13-15-25-17-1-7-20(8-2-17)28(22-11-5-19(27)6-12-22)21-9-3-18(4-10-21)26-16-14-24/h1-12,23-24H,13-16H2. The van der Waals surface area contributed by atoms with Crippen molar-refractivity contribution in [1.82, 2.24) is 0 Å². The summed E-state index contributed by atoms with van der Waals surface area (Å²) in [7, 11) is -0.307. The Hall–Kier alpha value is -2.25. The molecule has 0 saturated carbocycles. The maximum atomic E-state index is 8.91. The van der Waals surface area contributed by atoms with Gasteiger partial charge in [-0.05, 0) is 60.7 Å². The van der Waals surface area contributed by atoms with Crippen molar-refractivity contribution in [1.29, 1.82) is 0 Å². The van der Waals surface area contributed by atoms with Crippen LogP contribution in [0.5, 0.6) is 11.5 Å². The molecule has 0 aliphatic rings. The predicted octanol–water partition coefficient (Wildman–Crippen LogP) is 3.43. The van der Waals surface area contributed by atoms with Crippen molar-refractivity contribution in [2.45, 2.75) is 19.6 Å². The van der Waals surface area contributed by atoms with Gasteiger partial charge in [0.15, 0.2) is 14.7 Å². The lowest BCUT2D eigenvalue weighted by Gasteiger charge is -2.11. The highest BCUT2D eigenvalue weighted by molar-refractivity contribution is 7.97. The normalized spacial score (nSPS) is 10.8. The molecular formula is C22H22O4S2. The molecule has 0 aliphatic heterocycles. The second-order valence-corrected chi connectivity index (χ2v) is 8.36. The minimum absolute atomic E-state index is 0.00967. The van der Waals surface area contributed by atoms with Gasteiger partial charge in [0.25, 0.3) is 0 Å². The maximum absolute atomic E-state index is 8.91. The topological polar surface area (TPSA) is 58.9 Å². The molecule has 3 aromatic rings. The van der Waals surface area contributed by atoms with E-state index < -0.39 is 0 Å². The number of aliphatic hydroxyl groups is 2. The zero-order valence-corrected chi connectivity index (χ0v) is 16.9. The van der Waals surface area contributed by atoms with E-state index in [2.05, 4.69) is 12.1 Å². The number of ether oxygens (including phenoxy) is 2. The van der Waals surface area contributed by atoms with E-state index in [1.165, 1.54) is 4.90 Å². The molecule has 3 aromatic carbocycles. The van der Waals surface area contributed by atoms with Gasteiger partial charge in [-0.2, -0.15) is 4.90 Å². The minimum Gasteiger partial charge on any atom is -0.780 e. The molecule has 6 heteroatoms. The lowest BCUT2D eigenvalue weighted by atomic mass is 10.3. The van der Waals surface area contributed by atoms with Gasteiger partial charge in [0.2, 0.25) is 0 Å². The minimum atomic E-state index is -0.307. The zero-order chi connectivity index (χ0) is 19.8. The number of rotatable bonds is 9. The van der Waals surface area contributed by atoms with Crippen molar-refractivity contribution < 1.29 is 19.7 Å². The van der Waals surface area contributed by atoms with Gasteiger partial charge in [0.1, 0.15) is 24.7 Å². The highest BCUT2D eigenvalue weighted by Gasteiger charge is 2.28. The van der Waals surface area contributed by atoms with Gasteiger partial charge < -0.3 is 32.3 Å². The molecule has 3 rings (SSSR count). The van der Waals surface area contributed by atoms with Gasteiger partial charge in [-0.15, -0.1) is 0 Å². The van der Waals surface area contributed by atoms with Crippen molar-refractivity contribution in [3.8, 4) is 11.5 Å². The first kappa shape index (κ1) is 20.5. The van der Waals surface area contributed by atoms with Gasteiger partial charge in [-0.3, -0.25) is 0 Å². The Bertz CT molecular complexity index is 798. The molecule has 0 aromatic heterocycles. The average Bonchev–Trinajstić information content (AvgIpc) is 2.74. The first-order valence-corrected chi connectivity index (χ1v) is 10.5. The van der Waals surface area contributed by atoms with Crippen LogP contribution in [0, 0.1) is 0 Å². The largest absolute Gasteiger partial charge is 0.780 e. The van der Waals surface area contributed by atoms with Crippen LogP contribution < -0.4 is 9.47 Å². The summed E-state index contributed by atoms with van der Waals surface area (Å²) in [5, 5.41) is 17.8. The van der Waals surface area contributed by atoms with Crippen LogP contribution in [0.3, 0.4) is 0 Å². The first-order valence-electron chi connectivity index (χ1n) is 8.90. The van der Waals surface area contributed by atoms with Gasteiger partial charge in [-0.25, -0.2) is 0 Å². The number of aliphatic hydroxyl groups excluding tert-OH is 2. The van der Waals surface area contributed by atoms with Crippen LogP contribution in [0.2, 0.25) is 0 Å². The van der Waals surface area contributed by atoms with Crippen molar-refractivity contribution in [2.24, 2.45) is 0 Å². The maximum Gasteiger partial charge on any atom is 0.166 e. The quantitative estimate of drug-likeness (QED) is 0.415. The monoisotopic (exact) mass is 414 g/mol. The van der Waals surface area contributed by atoms with E-state index in [1.807, 2.05) is 60.7 Å². The van der Waals surface area contributed by atoms with E-state index in [0.717, 1.165) is 26.2 Å². The highest BCUT2D eigenvalue weighted by atomic mass is 32.2. The fourth-order valence-corrected chi connectivity index (χ4v) is 4.83. The molecule has 2 N–H and O–H groups in total. The van der Waals surface area contributed by atoms with Gasteiger partial charge in [0, 0.05) is 0 Å². The summed E-state index contributed by atoms with van der Waals surface area (Å²) in [6, 6.07) is 23.9. The third-order valence-corrected chi connectivity index (χ3v) is 6.40. The van der Waals surface area contributed by atoms with Crippen LogP contribution in [0.4, 0.5) is 0 Å². The van der Waals surface area contributed by atoms with Crippen LogP contribution in [0.1, 0.15) is 0 Å². The molecule has 0 aliphatic carbocycles. The van der Waals surface area contributed by atoms with Gasteiger partial charge in [0.05, 0.1) is 24.1 Å². The van der Waals surface area contributed by atoms with Crippen LogP contribution in [0.15, 0.2) is 92.4 Å². The molecule has 0 bridgehead atoms. The molecule has 0 spiro atoms. The zero-order valence-electron chi connectivity index (χ0n) is 15.3. The molecule has 28 heavy (non-hydrogen) atoms. The fraction of sp³-hybridized carbons (Fsp3) is 0.182. The molecule has 0 atom stereocenters. The summed E-state index contributed by atoms with van der Waals surface area (Å²) >= 11 is 5.24. The molecule has 0 fully saturated rings. The molecule has 0 radical (unpaired) electrons. The third kappa shape index (κ3) is 5.39. The second kappa shape index (κ2) is 10.3. The Labute approximate surface area is 173 Å². The smallest absolute Gasteiger partial charge is 0.166 e. The summed E-state index contributed by atoms with van der Waals surface area (Å²) in [4.78, 5) is 4.28. The number of benzene rings is 3. The Morgan fingerprint density at radius 1 is 0.607 bits per heavy atom. The van der Waals surface area contributed by atoms with E-state index in [4.69, 9.17) is 32.3 Å². The first-order chi connectivity index (χ1) is 13.7.